The van der Waals surface area contributed by atoms with Gasteiger partial charge in [-0.15, -0.1) is 11.8 Å². The Labute approximate surface area is 164 Å². The first kappa shape index (κ1) is 21.4. The number of aryl methyl sites for hydroxylation is 1. The molecular weight excluding hydrogens is 390 g/mol. The monoisotopic (exact) mass is 408 g/mol. The van der Waals surface area contributed by atoms with Crippen molar-refractivity contribution in [3.8, 4) is 0 Å². The molecule has 2 aromatic carbocycles. The lowest BCUT2D eigenvalue weighted by atomic mass is 10.2. The van der Waals surface area contributed by atoms with Crippen LogP contribution in [-0.4, -0.2) is 35.9 Å². The van der Waals surface area contributed by atoms with Crippen LogP contribution in [0.25, 0.3) is 0 Å². The summed E-state index contributed by atoms with van der Waals surface area (Å²) in [4.78, 5) is 35.1. The van der Waals surface area contributed by atoms with Crippen LogP contribution in [0.1, 0.15) is 5.56 Å². The summed E-state index contributed by atoms with van der Waals surface area (Å²) in [6.07, 6.45) is 0. The first-order valence-electron chi connectivity index (χ1n) is 8.18. The zero-order valence-electron chi connectivity index (χ0n) is 15.0. The van der Waals surface area contributed by atoms with E-state index >= 15 is 0 Å². The quantitative estimate of drug-likeness (QED) is 0.656. The molecule has 0 bridgehead atoms. The molecule has 0 aliphatic heterocycles. The van der Waals surface area contributed by atoms with E-state index in [9.17, 15) is 23.2 Å². The van der Waals surface area contributed by atoms with Gasteiger partial charge in [0.2, 0.25) is 5.91 Å². The molecule has 0 spiro atoms. The minimum atomic E-state index is -0.809. The van der Waals surface area contributed by atoms with Gasteiger partial charge in [-0.05, 0) is 36.8 Å². The van der Waals surface area contributed by atoms with Gasteiger partial charge >= 0.3 is 5.97 Å². The van der Waals surface area contributed by atoms with Crippen molar-refractivity contribution in [3.63, 3.8) is 0 Å². The Kier molecular flexibility index (Phi) is 7.94. The molecule has 148 valence electrons. The number of hydrogen-bond donors (Lipinski definition) is 2. The first-order valence-corrected chi connectivity index (χ1v) is 9.34. The van der Waals surface area contributed by atoms with Crippen LogP contribution in [0.15, 0.2) is 42.5 Å². The lowest BCUT2D eigenvalue weighted by Crippen LogP contribution is -2.22. The highest BCUT2D eigenvalue weighted by Gasteiger charge is 2.12. The highest BCUT2D eigenvalue weighted by molar-refractivity contribution is 8.00. The Balaban J connectivity index is 1.66. The van der Waals surface area contributed by atoms with Crippen LogP contribution in [0.4, 0.5) is 20.2 Å². The van der Waals surface area contributed by atoms with E-state index in [-0.39, 0.29) is 23.1 Å². The fraction of sp³-hybridized carbons (Fsp3) is 0.211. The van der Waals surface area contributed by atoms with E-state index < -0.39 is 30.1 Å². The molecule has 0 fully saturated rings. The van der Waals surface area contributed by atoms with Crippen LogP contribution < -0.4 is 10.6 Å². The molecule has 0 saturated heterocycles. The Morgan fingerprint density at radius 1 is 1.00 bits per heavy atom. The van der Waals surface area contributed by atoms with Gasteiger partial charge in [-0.3, -0.25) is 14.4 Å². The van der Waals surface area contributed by atoms with Crippen molar-refractivity contribution < 1.29 is 27.9 Å². The number of anilines is 2. The van der Waals surface area contributed by atoms with Crippen molar-refractivity contribution in [2.24, 2.45) is 0 Å². The number of rotatable bonds is 8. The standard InChI is InChI=1S/C19H18F2N2O4S/c1-12-3-2-4-14(7-12)22-18(25)10-28-11-19(26)27-9-17(24)23-16-8-13(20)5-6-15(16)21/h2-8H,9-11H2,1H3,(H,22,25)(H,23,24). The third-order valence-corrected chi connectivity index (χ3v) is 4.23. The van der Waals surface area contributed by atoms with Crippen molar-refractivity contribution in [1.82, 2.24) is 0 Å². The smallest absolute Gasteiger partial charge is 0.316 e. The maximum absolute atomic E-state index is 13.4. The van der Waals surface area contributed by atoms with Gasteiger partial charge in [-0.25, -0.2) is 8.78 Å². The number of carbonyl (C=O) groups excluding carboxylic acids is 3. The van der Waals surface area contributed by atoms with Crippen molar-refractivity contribution in [1.29, 1.82) is 0 Å². The van der Waals surface area contributed by atoms with Gasteiger partial charge in [0, 0.05) is 11.8 Å². The molecule has 28 heavy (non-hydrogen) atoms. The van der Waals surface area contributed by atoms with Gasteiger partial charge in [0.1, 0.15) is 11.6 Å². The number of thioether (sulfide) groups is 1. The van der Waals surface area contributed by atoms with Crippen molar-refractivity contribution >= 4 is 40.9 Å². The maximum atomic E-state index is 13.4. The molecule has 0 aliphatic rings. The Hall–Kier alpha value is -2.94. The van der Waals surface area contributed by atoms with Gasteiger partial charge in [-0.2, -0.15) is 0 Å². The van der Waals surface area contributed by atoms with Crippen LogP contribution in [-0.2, 0) is 19.1 Å². The molecule has 2 amide bonds. The molecule has 9 heteroatoms. The van der Waals surface area contributed by atoms with Gasteiger partial charge in [0.15, 0.2) is 6.61 Å². The lowest BCUT2D eigenvalue weighted by molar-refractivity contribution is -0.144. The summed E-state index contributed by atoms with van der Waals surface area (Å²) in [5.74, 6) is -3.41. The van der Waals surface area contributed by atoms with Gasteiger partial charge in [0.25, 0.3) is 5.91 Å². The van der Waals surface area contributed by atoms with E-state index in [2.05, 4.69) is 10.6 Å². The summed E-state index contributed by atoms with van der Waals surface area (Å²) >= 11 is 1.03. The molecule has 0 aliphatic carbocycles. The number of amides is 2. The average Bonchev–Trinajstić information content (AvgIpc) is 2.63. The van der Waals surface area contributed by atoms with Crippen LogP contribution in [0.3, 0.4) is 0 Å². The third-order valence-electron chi connectivity index (χ3n) is 3.32. The molecule has 0 aromatic heterocycles. The number of esters is 1. The van der Waals surface area contributed by atoms with Gasteiger partial charge in [-0.1, -0.05) is 12.1 Å². The maximum Gasteiger partial charge on any atom is 0.316 e. The second kappa shape index (κ2) is 10.4. The van der Waals surface area contributed by atoms with Crippen molar-refractivity contribution in [2.45, 2.75) is 6.92 Å². The number of ether oxygens (including phenoxy) is 1. The molecule has 0 radical (unpaired) electrons. The van der Waals surface area contributed by atoms with E-state index in [4.69, 9.17) is 4.74 Å². The molecule has 0 atom stereocenters. The fourth-order valence-corrected chi connectivity index (χ4v) is 2.72. The van der Waals surface area contributed by atoms with Crippen LogP contribution in [0, 0.1) is 18.6 Å². The van der Waals surface area contributed by atoms with Gasteiger partial charge < -0.3 is 15.4 Å². The molecule has 0 saturated carbocycles. The summed E-state index contributed by atoms with van der Waals surface area (Å²) in [7, 11) is 0. The summed E-state index contributed by atoms with van der Waals surface area (Å²) < 4.78 is 31.2. The minimum absolute atomic E-state index is 0.0315. The topological polar surface area (TPSA) is 84.5 Å². The Morgan fingerprint density at radius 3 is 2.54 bits per heavy atom. The second-order valence-corrected chi connectivity index (χ2v) is 6.73. The SMILES string of the molecule is Cc1cccc(NC(=O)CSCC(=O)OCC(=O)Nc2cc(F)ccc2F)c1. The summed E-state index contributed by atoms with van der Waals surface area (Å²) in [5.41, 5.74) is 1.32. The number of nitrogens with one attached hydrogen (secondary N) is 2. The van der Waals surface area contributed by atoms with E-state index in [1.54, 1.807) is 6.07 Å². The summed E-state index contributed by atoms with van der Waals surface area (Å²) in [6, 6.07) is 9.89. The van der Waals surface area contributed by atoms with Crippen LogP contribution >= 0.6 is 11.8 Å². The summed E-state index contributed by atoms with van der Waals surface area (Å²) in [6.45, 7) is 1.25. The van der Waals surface area contributed by atoms with Crippen LogP contribution in [0.2, 0.25) is 0 Å². The molecule has 2 rings (SSSR count). The zero-order chi connectivity index (χ0) is 20.5. The highest BCUT2D eigenvalue weighted by Crippen LogP contribution is 2.15. The minimum Gasteiger partial charge on any atom is -0.455 e. The Bertz CT molecular complexity index is 877. The number of benzene rings is 2. The predicted octanol–water partition coefficient (Wildman–Crippen LogP) is 3.13. The molecule has 2 N–H and O–H groups in total. The molecule has 6 nitrogen and oxygen atoms in total. The molecule has 0 unspecified atom stereocenters. The third kappa shape index (κ3) is 7.36. The Morgan fingerprint density at radius 2 is 1.79 bits per heavy atom. The second-order valence-electron chi connectivity index (χ2n) is 5.74. The highest BCUT2D eigenvalue weighted by atomic mass is 32.2. The normalized spacial score (nSPS) is 10.2. The predicted molar refractivity (Wildman–Crippen MR) is 103 cm³/mol. The molecule has 0 heterocycles. The lowest BCUT2D eigenvalue weighted by Gasteiger charge is -2.08. The number of carbonyl (C=O) groups is 3. The van der Waals surface area contributed by atoms with Gasteiger partial charge in [0.05, 0.1) is 17.2 Å². The van der Waals surface area contributed by atoms with E-state index in [1.165, 1.54) is 0 Å². The van der Waals surface area contributed by atoms with Crippen molar-refractivity contribution in [2.75, 3.05) is 28.7 Å². The number of halogens is 2. The van der Waals surface area contributed by atoms with E-state index in [0.717, 1.165) is 35.5 Å². The zero-order valence-corrected chi connectivity index (χ0v) is 15.8. The average molecular weight is 408 g/mol. The number of hydrogen-bond acceptors (Lipinski definition) is 5. The van der Waals surface area contributed by atoms with Crippen molar-refractivity contribution in [3.05, 3.63) is 59.7 Å². The molecule has 2 aromatic rings. The fourth-order valence-electron chi connectivity index (χ4n) is 2.11. The molecular formula is C19H18F2N2O4S. The van der Waals surface area contributed by atoms with E-state index in [0.29, 0.717) is 5.69 Å². The first-order chi connectivity index (χ1) is 13.3. The largest absolute Gasteiger partial charge is 0.455 e. The summed E-state index contributed by atoms with van der Waals surface area (Å²) in [5, 5.41) is 4.81. The van der Waals surface area contributed by atoms with E-state index in [1.807, 2.05) is 25.1 Å². The van der Waals surface area contributed by atoms with Crippen LogP contribution in [0.5, 0.6) is 0 Å².